The molecule has 1 heterocycles. The maximum absolute atomic E-state index is 12.6. The van der Waals surface area contributed by atoms with E-state index in [9.17, 15) is 9.59 Å². The van der Waals surface area contributed by atoms with Crippen LogP contribution in [-0.2, 0) is 20.9 Å². The van der Waals surface area contributed by atoms with Crippen LogP contribution in [0.4, 0.5) is 0 Å². The first-order valence-corrected chi connectivity index (χ1v) is 8.59. The third kappa shape index (κ3) is 6.23. The standard InChI is InChI=1S/C19H25N3O4/c1-16(19(24)25-2)13-22(11-6-10-21-12-9-20-15-21)18(23)14-26-17-7-4-3-5-8-17/h3-5,7-9,12,15-16H,6,10-11,13-14H2,1-2H3. The Kier molecular flexibility index (Phi) is 7.67. The highest BCUT2D eigenvalue weighted by Gasteiger charge is 2.21. The molecule has 26 heavy (non-hydrogen) atoms. The number of hydrogen-bond donors (Lipinski definition) is 0. The van der Waals surface area contributed by atoms with Crippen molar-refractivity contribution in [3.63, 3.8) is 0 Å². The Morgan fingerprint density at radius 2 is 2.04 bits per heavy atom. The maximum Gasteiger partial charge on any atom is 0.310 e. The molecule has 1 atom stereocenters. The molecule has 140 valence electrons. The van der Waals surface area contributed by atoms with Crippen LogP contribution in [-0.4, -0.2) is 53.1 Å². The number of imidazole rings is 1. The molecule has 1 aromatic carbocycles. The SMILES string of the molecule is COC(=O)C(C)CN(CCCn1ccnc1)C(=O)COc1ccccc1. The van der Waals surface area contributed by atoms with Gasteiger partial charge in [0.15, 0.2) is 6.61 Å². The summed E-state index contributed by atoms with van der Waals surface area (Å²) in [6, 6.07) is 9.18. The molecule has 0 aliphatic carbocycles. The van der Waals surface area contributed by atoms with Crippen molar-refractivity contribution < 1.29 is 19.1 Å². The predicted octanol–water partition coefficient (Wildman–Crippen LogP) is 1.99. The topological polar surface area (TPSA) is 73.7 Å². The second-order valence-electron chi connectivity index (χ2n) is 6.02. The zero-order valence-corrected chi connectivity index (χ0v) is 15.2. The number of rotatable bonds is 10. The van der Waals surface area contributed by atoms with E-state index >= 15 is 0 Å². The van der Waals surface area contributed by atoms with Crippen molar-refractivity contribution in [2.45, 2.75) is 19.9 Å². The van der Waals surface area contributed by atoms with Crippen molar-refractivity contribution in [1.29, 1.82) is 0 Å². The van der Waals surface area contributed by atoms with E-state index in [0.717, 1.165) is 13.0 Å². The summed E-state index contributed by atoms with van der Waals surface area (Å²) in [5.74, 6) is -0.245. The summed E-state index contributed by atoms with van der Waals surface area (Å²) in [5.41, 5.74) is 0. The van der Waals surface area contributed by atoms with Crippen LogP contribution in [0.3, 0.4) is 0 Å². The average molecular weight is 359 g/mol. The largest absolute Gasteiger partial charge is 0.484 e. The van der Waals surface area contributed by atoms with E-state index in [-0.39, 0.29) is 18.5 Å². The Morgan fingerprint density at radius 1 is 1.27 bits per heavy atom. The van der Waals surface area contributed by atoms with E-state index in [1.54, 1.807) is 36.5 Å². The number of methoxy groups -OCH3 is 1. The number of ether oxygens (including phenoxy) is 2. The van der Waals surface area contributed by atoms with Crippen molar-refractivity contribution in [1.82, 2.24) is 14.5 Å². The first-order chi connectivity index (χ1) is 12.6. The Morgan fingerprint density at radius 3 is 2.69 bits per heavy atom. The van der Waals surface area contributed by atoms with E-state index in [1.165, 1.54) is 7.11 Å². The number of carbonyl (C=O) groups excluding carboxylic acids is 2. The molecule has 0 N–H and O–H groups in total. The van der Waals surface area contributed by atoms with Gasteiger partial charge in [-0.1, -0.05) is 25.1 Å². The second kappa shape index (κ2) is 10.2. The number of para-hydroxylation sites is 1. The quantitative estimate of drug-likeness (QED) is 0.607. The van der Waals surface area contributed by atoms with E-state index in [4.69, 9.17) is 9.47 Å². The molecule has 7 nitrogen and oxygen atoms in total. The predicted molar refractivity (Wildman–Crippen MR) is 96.5 cm³/mol. The lowest BCUT2D eigenvalue weighted by Crippen LogP contribution is -2.40. The van der Waals surface area contributed by atoms with Gasteiger partial charge in [0, 0.05) is 32.0 Å². The molecule has 1 amide bonds. The summed E-state index contributed by atoms with van der Waals surface area (Å²) in [6.07, 6.45) is 6.08. The minimum Gasteiger partial charge on any atom is -0.484 e. The monoisotopic (exact) mass is 359 g/mol. The lowest BCUT2D eigenvalue weighted by molar-refractivity contribution is -0.146. The number of amides is 1. The molecular weight excluding hydrogens is 334 g/mol. The van der Waals surface area contributed by atoms with E-state index < -0.39 is 5.92 Å². The first-order valence-electron chi connectivity index (χ1n) is 8.59. The number of aryl methyl sites for hydroxylation is 1. The first kappa shape index (κ1) is 19.5. The third-order valence-electron chi connectivity index (χ3n) is 3.96. The van der Waals surface area contributed by atoms with Crippen molar-refractivity contribution in [2.24, 2.45) is 5.92 Å². The molecule has 0 spiro atoms. The van der Waals surface area contributed by atoms with Gasteiger partial charge in [-0.15, -0.1) is 0 Å². The Balaban J connectivity index is 1.91. The molecular formula is C19H25N3O4. The summed E-state index contributed by atoms with van der Waals surface area (Å²) in [4.78, 5) is 29.9. The van der Waals surface area contributed by atoms with Crippen LogP contribution < -0.4 is 4.74 Å². The van der Waals surface area contributed by atoms with E-state index in [0.29, 0.717) is 18.8 Å². The maximum atomic E-state index is 12.6. The highest BCUT2D eigenvalue weighted by atomic mass is 16.5. The zero-order chi connectivity index (χ0) is 18.8. The molecule has 0 saturated carbocycles. The van der Waals surface area contributed by atoms with Crippen molar-refractivity contribution >= 4 is 11.9 Å². The highest BCUT2D eigenvalue weighted by molar-refractivity contribution is 5.79. The summed E-state index contributed by atoms with van der Waals surface area (Å²) in [7, 11) is 1.35. The van der Waals surface area contributed by atoms with Crippen LogP contribution in [0.1, 0.15) is 13.3 Å². The lowest BCUT2D eigenvalue weighted by Gasteiger charge is -2.25. The number of carbonyl (C=O) groups is 2. The molecule has 0 aliphatic rings. The molecule has 2 aromatic rings. The smallest absolute Gasteiger partial charge is 0.310 e. The van der Waals surface area contributed by atoms with Crippen molar-refractivity contribution in [3.05, 3.63) is 49.1 Å². The van der Waals surface area contributed by atoms with Crippen molar-refractivity contribution in [2.75, 3.05) is 26.8 Å². The van der Waals surface area contributed by atoms with Crippen LogP contribution in [0.5, 0.6) is 5.75 Å². The number of hydrogen-bond acceptors (Lipinski definition) is 5. The molecule has 0 aliphatic heterocycles. The Hall–Kier alpha value is -2.83. The van der Waals surface area contributed by atoms with Gasteiger partial charge in [0.2, 0.25) is 0 Å². The average Bonchev–Trinajstić information content (AvgIpc) is 3.18. The van der Waals surface area contributed by atoms with Crippen LogP contribution in [0, 0.1) is 5.92 Å². The number of nitrogens with zero attached hydrogens (tertiary/aromatic N) is 3. The van der Waals surface area contributed by atoms with Gasteiger partial charge in [-0.2, -0.15) is 0 Å². The summed E-state index contributed by atoms with van der Waals surface area (Å²) in [5, 5.41) is 0. The second-order valence-corrected chi connectivity index (χ2v) is 6.02. The van der Waals surface area contributed by atoms with Gasteiger partial charge in [0.1, 0.15) is 5.75 Å². The van der Waals surface area contributed by atoms with Gasteiger partial charge in [0.05, 0.1) is 19.4 Å². The lowest BCUT2D eigenvalue weighted by atomic mass is 10.1. The van der Waals surface area contributed by atoms with Gasteiger partial charge >= 0.3 is 5.97 Å². The summed E-state index contributed by atoms with van der Waals surface area (Å²) in [6.45, 7) is 3.25. The van der Waals surface area contributed by atoms with Crippen LogP contribution >= 0.6 is 0 Å². The van der Waals surface area contributed by atoms with Gasteiger partial charge < -0.3 is 18.9 Å². The van der Waals surface area contributed by atoms with Gasteiger partial charge in [-0.05, 0) is 18.6 Å². The van der Waals surface area contributed by atoms with Crippen LogP contribution in [0.2, 0.25) is 0 Å². The minimum atomic E-state index is -0.395. The van der Waals surface area contributed by atoms with Crippen molar-refractivity contribution in [3.8, 4) is 5.75 Å². The highest BCUT2D eigenvalue weighted by Crippen LogP contribution is 2.10. The molecule has 0 saturated heterocycles. The molecule has 7 heteroatoms. The third-order valence-corrected chi connectivity index (χ3v) is 3.96. The normalized spacial score (nSPS) is 11.6. The van der Waals surface area contributed by atoms with Crippen LogP contribution in [0.15, 0.2) is 49.1 Å². The molecule has 0 bridgehead atoms. The summed E-state index contributed by atoms with van der Waals surface area (Å²) >= 11 is 0. The number of esters is 1. The van der Waals surface area contributed by atoms with Gasteiger partial charge in [-0.25, -0.2) is 4.98 Å². The molecule has 2 rings (SSSR count). The molecule has 1 aromatic heterocycles. The molecule has 0 radical (unpaired) electrons. The Labute approximate surface area is 153 Å². The minimum absolute atomic E-state index is 0.0665. The zero-order valence-electron chi connectivity index (χ0n) is 15.2. The summed E-state index contributed by atoms with van der Waals surface area (Å²) < 4.78 is 12.3. The number of aromatic nitrogens is 2. The van der Waals surface area contributed by atoms with E-state index in [2.05, 4.69) is 4.98 Å². The van der Waals surface area contributed by atoms with Crippen LogP contribution in [0.25, 0.3) is 0 Å². The van der Waals surface area contributed by atoms with E-state index in [1.807, 2.05) is 29.0 Å². The number of benzene rings is 1. The fourth-order valence-electron chi connectivity index (χ4n) is 2.54. The molecule has 0 fully saturated rings. The van der Waals surface area contributed by atoms with Gasteiger partial charge in [-0.3, -0.25) is 9.59 Å². The fraction of sp³-hybridized carbons (Fsp3) is 0.421. The van der Waals surface area contributed by atoms with Gasteiger partial charge in [0.25, 0.3) is 5.91 Å². The molecule has 1 unspecified atom stereocenters. The fourth-order valence-corrected chi connectivity index (χ4v) is 2.54. The Bertz CT molecular complexity index is 673.